The first-order valence-electron chi connectivity index (χ1n) is 6.57. The third-order valence-corrected chi connectivity index (χ3v) is 3.47. The number of amides is 1. The number of carbonyl (C=O) groups excluding carboxylic acids is 1. The van der Waals surface area contributed by atoms with Gasteiger partial charge in [0.15, 0.2) is 0 Å². The molecule has 1 atom stereocenters. The molecule has 1 fully saturated rings. The van der Waals surface area contributed by atoms with Gasteiger partial charge in [0.2, 0.25) is 5.91 Å². The van der Waals surface area contributed by atoms with Gasteiger partial charge in [-0.15, -0.1) is 0 Å². The minimum absolute atomic E-state index is 0.229. The first-order valence-corrected chi connectivity index (χ1v) is 6.57. The predicted molar refractivity (Wildman–Crippen MR) is 69.9 cm³/mol. The Bertz CT molecular complexity index is 395. The predicted octanol–water partition coefficient (Wildman–Crippen LogP) is 0.768. The summed E-state index contributed by atoms with van der Waals surface area (Å²) in [5.74, 6) is 0.732. The average Bonchev–Trinajstić information content (AvgIpc) is 2.76. The smallest absolute Gasteiger partial charge is 0.222 e. The van der Waals surface area contributed by atoms with Gasteiger partial charge in [-0.1, -0.05) is 0 Å². The highest BCUT2D eigenvalue weighted by molar-refractivity contribution is 5.76. The molecule has 1 saturated heterocycles. The Morgan fingerprint density at radius 2 is 2.50 bits per heavy atom. The van der Waals surface area contributed by atoms with Crippen LogP contribution in [0.5, 0.6) is 0 Å². The topological polar surface area (TPSA) is 50.2 Å². The maximum absolute atomic E-state index is 12.1. The molecule has 0 aliphatic carbocycles. The normalized spacial score (nSPS) is 19.8. The molecule has 1 unspecified atom stereocenters. The SMILES string of the molecule is CN(Cc1cnn(C)c1)C(=O)CC1CCCNC1. The summed E-state index contributed by atoms with van der Waals surface area (Å²) < 4.78 is 1.76. The van der Waals surface area contributed by atoms with Crippen molar-refractivity contribution in [1.29, 1.82) is 0 Å². The average molecular weight is 250 g/mol. The maximum atomic E-state index is 12.1. The first-order chi connectivity index (χ1) is 8.65. The van der Waals surface area contributed by atoms with Gasteiger partial charge in [0.05, 0.1) is 6.20 Å². The molecule has 1 aromatic heterocycles. The zero-order valence-electron chi connectivity index (χ0n) is 11.2. The number of hydrogen-bond acceptors (Lipinski definition) is 3. The molecular weight excluding hydrogens is 228 g/mol. The largest absolute Gasteiger partial charge is 0.341 e. The van der Waals surface area contributed by atoms with Gasteiger partial charge in [-0.3, -0.25) is 9.48 Å². The minimum Gasteiger partial charge on any atom is -0.341 e. The summed E-state index contributed by atoms with van der Waals surface area (Å²) in [6.45, 7) is 2.72. The molecule has 18 heavy (non-hydrogen) atoms. The van der Waals surface area contributed by atoms with E-state index in [0.29, 0.717) is 18.9 Å². The second-order valence-electron chi connectivity index (χ2n) is 5.19. The van der Waals surface area contributed by atoms with Gasteiger partial charge in [0.25, 0.3) is 0 Å². The molecule has 0 aromatic carbocycles. The molecule has 0 saturated carbocycles. The fraction of sp³-hybridized carbons (Fsp3) is 0.692. The number of nitrogens with one attached hydrogen (secondary N) is 1. The van der Waals surface area contributed by atoms with Crippen LogP contribution in [0.2, 0.25) is 0 Å². The van der Waals surface area contributed by atoms with Gasteiger partial charge in [0, 0.05) is 38.8 Å². The molecule has 0 bridgehead atoms. The van der Waals surface area contributed by atoms with Crippen molar-refractivity contribution in [2.45, 2.75) is 25.8 Å². The van der Waals surface area contributed by atoms with Gasteiger partial charge >= 0.3 is 0 Å². The van der Waals surface area contributed by atoms with Crippen LogP contribution in [0, 0.1) is 5.92 Å². The van der Waals surface area contributed by atoms with Gasteiger partial charge in [-0.05, 0) is 31.8 Å². The molecule has 0 spiro atoms. The molecule has 1 aliphatic heterocycles. The lowest BCUT2D eigenvalue weighted by molar-refractivity contribution is -0.131. The first kappa shape index (κ1) is 13.1. The van der Waals surface area contributed by atoms with Crippen LogP contribution in [0.25, 0.3) is 0 Å². The molecule has 1 amide bonds. The number of aromatic nitrogens is 2. The zero-order valence-corrected chi connectivity index (χ0v) is 11.2. The second kappa shape index (κ2) is 6.00. The Labute approximate surface area is 108 Å². The minimum atomic E-state index is 0.229. The Balaban J connectivity index is 1.80. The van der Waals surface area contributed by atoms with Crippen molar-refractivity contribution < 1.29 is 4.79 Å². The monoisotopic (exact) mass is 250 g/mol. The molecule has 100 valence electrons. The summed E-state index contributed by atoms with van der Waals surface area (Å²) in [5.41, 5.74) is 1.08. The number of aryl methyl sites for hydroxylation is 1. The highest BCUT2D eigenvalue weighted by atomic mass is 16.2. The summed E-state index contributed by atoms with van der Waals surface area (Å²) in [5, 5.41) is 7.46. The maximum Gasteiger partial charge on any atom is 0.222 e. The number of carbonyl (C=O) groups is 1. The van der Waals surface area contributed by atoms with Crippen molar-refractivity contribution in [2.75, 3.05) is 20.1 Å². The van der Waals surface area contributed by atoms with Crippen LogP contribution < -0.4 is 5.32 Å². The fourth-order valence-corrected chi connectivity index (χ4v) is 2.42. The van der Waals surface area contributed by atoms with Crippen molar-refractivity contribution in [1.82, 2.24) is 20.0 Å². The van der Waals surface area contributed by atoms with E-state index < -0.39 is 0 Å². The van der Waals surface area contributed by atoms with E-state index in [2.05, 4.69) is 10.4 Å². The van der Waals surface area contributed by atoms with Crippen LogP contribution in [0.3, 0.4) is 0 Å². The molecule has 1 N–H and O–H groups in total. The lowest BCUT2D eigenvalue weighted by atomic mass is 9.95. The van der Waals surface area contributed by atoms with Crippen LogP contribution in [-0.4, -0.2) is 40.7 Å². The summed E-state index contributed by atoms with van der Waals surface area (Å²) in [7, 11) is 3.75. The van der Waals surface area contributed by atoms with Crippen molar-refractivity contribution in [3.63, 3.8) is 0 Å². The van der Waals surface area contributed by atoms with Crippen molar-refractivity contribution in [3.05, 3.63) is 18.0 Å². The van der Waals surface area contributed by atoms with Crippen LogP contribution in [-0.2, 0) is 18.4 Å². The van der Waals surface area contributed by atoms with Gasteiger partial charge in [-0.2, -0.15) is 5.10 Å². The lowest BCUT2D eigenvalue weighted by Crippen LogP contribution is -2.34. The number of hydrogen-bond donors (Lipinski definition) is 1. The Kier molecular flexibility index (Phi) is 4.36. The van der Waals surface area contributed by atoms with Crippen molar-refractivity contribution >= 4 is 5.91 Å². The van der Waals surface area contributed by atoms with E-state index in [-0.39, 0.29) is 5.91 Å². The van der Waals surface area contributed by atoms with E-state index in [0.717, 1.165) is 18.7 Å². The highest BCUT2D eigenvalue weighted by Crippen LogP contribution is 2.15. The number of rotatable bonds is 4. The van der Waals surface area contributed by atoms with Crippen LogP contribution in [0.1, 0.15) is 24.8 Å². The molecule has 0 radical (unpaired) electrons. The third kappa shape index (κ3) is 3.57. The van der Waals surface area contributed by atoms with Crippen molar-refractivity contribution in [2.24, 2.45) is 13.0 Å². The van der Waals surface area contributed by atoms with Gasteiger partial charge in [-0.25, -0.2) is 0 Å². The molecule has 1 aliphatic rings. The Hall–Kier alpha value is -1.36. The van der Waals surface area contributed by atoms with E-state index in [1.807, 2.05) is 26.5 Å². The Morgan fingerprint density at radius 3 is 3.11 bits per heavy atom. The third-order valence-electron chi connectivity index (χ3n) is 3.47. The summed E-state index contributed by atoms with van der Waals surface area (Å²) in [6.07, 6.45) is 6.77. The standard InChI is InChI=1S/C13H22N4O/c1-16(9-12-8-15-17(2)10-12)13(18)6-11-4-3-5-14-7-11/h8,10-11,14H,3-7,9H2,1-2H3. The molecule has 5 nitrogen and oxygen atoms in total. The van der Waals surface area contributed by atoms with Crippen molar-refractivity contribution in [3.8, 4) is 0 Å². The summed E-state index contributed by atoms with van der Waals surface area (Å²) in [6, 6.07) is 0. The molecule has 2 heterocycles. The van der Waals surface area contributed by atoms with Crippen LogP contribution in [0.4, 0.5) is 0 Å². The van der Waals surface area contributed by atoms with E-state index >= 15 is 0 Å². The molecule has 2 rings (SSSR count). The molecule has 1 aromatic rings. The van der Waals surface area contributed by atoms with Gasteiger partial charge < -0.3 is 10.2 Å². The zero-order chi connectivity index (χ0) is 13.0. The van der Waals surface area contributed by atoms with Gasteiger partial charge in [0.1, 0.15) is 0 Å². The van der Waals surface area contributed by atoms with E-state index in [1.54, 1.807) is 9.58 Å². The summed E-state index contributed by atoms with van der Waals surface area (Å²) >= 11 is 0. The fourth-order valence-electron chi connectivity index (χ4n) is 2.42. The number of piperidine rings is 1. The molecule has 5 heteroatoms. The highest BCUT2D eigenvalue weighted by Gasteiger charge is 2.19. The van der Waals surface area contributed by atoms with Crippen LogP contribution >= 0.6 is 0 Å². The second-order valence-corrected chi connectivity index (χ2v) is 5.19. The lowest BCUT2D eigenvalue weighted by Gasteiger charge is -2.24. The number of nitrogens with zero attached hydrogens (tertiary/aromatic N) is 3. The summed E-state index contributed by atoms with van der Waals surface area (Å²) in [4.78, 5) is 13.9. The quantitative estimate of drug-likeness (QED) is 0.858. The molecular formula is C13H22N4O. The van der Waals surface area contributed by atoms with E-state index in [4.69, 9.17) is 0 Å². The van der Waals surface area contributed by atoms with E-state index in [9.17, 15) is 4.79 Å². The van der Waals surface area contributed by atoms with E-state index in [1.165, 1.54) is 12.8 Å². The van der Waals surface area contributed by atoms with Crippen LogP contribution in [0.15, 0.2) is 12.4 Å². The Morgan fingerprint density at radius 1 is 1.67 bits per heavy atom.